The summed E-state index contributed by atoms with van der Waals surface area (Å²) in [7, 11) is 0. The maximum absolute atomic E-state index is 13.3. The molecule has 8 heteroatoms. The minimum atomic E-state index is -0.702. The third kappa shape index (κ3) is 14.8. The molecule has 0 aliphatic rings. The fraction of sp³-hybridized carbons (Fsp3) is 0.867. The minimum absolute atomic E-state index is 0.0547. The van der Waals surface area contributed by atoms with Gasteiger partial charge in [0.1, 0.15) is 0 Å². The van der Waals surface area contributed by atoms with Crippen LogP contribution in [0.25, 0.3) is 0 Å². The normalized spacial score (nSPS) is 13.1. The quantitative estimate of drug-likeness (QED) is 0.155. The van der Waals surface area contributed by atoms with E-state index in [0.29, 0.717) is 45.3 Å². The minimum Gasteiger partial charge on any atom is -0.375 e. The van der Waals surface area contributed by atoms with Gasteiger partial charge in [-0.15, -0.1) is 0 Å². The van der Waals surface area contributed by atoms with Crippen LogP contribution in [0.3, 0.4) is 0 Å². The SMILES string of the molecule is C=NCCC(C)(C)C(=O)NC(C)(C)CC(C)(C)C(=O)NC(C)(C)CCOC(C)(C)CCC(=O)NCCCC. The van der Waals surface area contributed by atoms with E-state index in [1.54, 1.807) is 0 Å². The molecule has 0 atom stereocenters. The van der Waals surface area contributed by atoms with Crippen LogP contribution in [-0.2, 0) is 19.1 Å². The molecule has 0 spiro atoms. The first-order valence-electron chi connectivity index (χ1n) is 14.2. The van der Waals surface area contributed by atoms with Gasteiger partial charge >= 0.3 is 0 Å². The lowest BCUT2D eigenvalue weighted by molar-refractivity contribution is -0.135. The number of rotatable bonds is 19. The molecule has 0 unspecified atom stereocenters. The molecule has 0 saturated heterocycles. The van der Waals surface area contributed by atoms with Crippen molar-refractivity contribution in [3.63, 3.8) is 0 Å². The van der Waals surface area contributed by atoms with Gasteiger partial charge in [-0.1, -0.05) is 41.0 Å². The Labute approximate surface area is 232 Å². The highest BCUT2D eigenvalue weighted by Crippen LogP contribution is 2.31. The van der Waals surface area contributed by atoms with Crippen molar-refractivity contribution < 1.29 is 19.1 Å². The molecule has 3 amide bonds. The van der Waals surface area contributed by atoms with E-state index in [0.717, 1.165) is 19.4 Å². The first-order valence-corrected chi connectivity index (χ1v) is 14.2. The molecule has 0 aromatic heterocycles. The summed E-state index contributed by atoms with van der Waals surface area (Å²) in [5.41, 5.74) is -2.75. The second-order valence-corrected chi connectivity index (χ2v) is 13.9. The van der Waals surface area contributed by atoms with E-state index in [-0.39, 0.29) is 17.7 Å². The summed E-state index contributed by atoms with van der Waals surface area (Å²) in [6, 6.07) is 0. The highest BCUT2D eigenvalue weighted by Gasteiger charge is 2.39. The van der Waals surface area contributed by atoms with Gasteiger partial charge in [0, 0.05) is 48.0 Å². The molecule has 222 valence electrons. The van der Waals surface area contributed by atoms with Crippen molar-refractivity contribution >= 4 is 24.4 Å². The van der Waals surface area contributed by atoms with E-state index in [2.05, 4.69) is 34.6 Å². The van der Waals surface area contributed by atoms with Crippen LogP contribution in [0.1, 0.15) is 121 Å². The average Bonchev–Trinajstić information content (AvgIpc) is 2.74. The fourth-order valence-electron chi connectivity index (χ4n) is 4.28. The molecule has 0 aliphatic heterocycles. The smallest absolute Gasteiger partial charge is 0.226 e. The van der Waals surface area contributed by atoms with E-state index in [1.807, 2.05) is 69.2 Å². The Morgan fingerprint density at radius 1 is 0.789 bits per heavy atom. The van der Waals surface area contributed by atoms with Crippen LogP contribution in [0.2, 0.25) is 0 Å². The third-order valence-corrected chi connectivity index (χ3v) is 6.94. The number of nitrogens with zero attached hydrogens (tertiary/aromatic N) is 1. The largest absolute Gasteiger partial charge is 0.375 e. The summed E-state index contributed by atoms with van der Waals surface area (Å²) < 4.78 is 6.10. The number of unbranched alkanes of at least 4 members (excludes halogenated alkanes) is 1. The Bertz CT molecular complexity index is 785. The van der Waals surface area contributed by atoms with E-state index in [1.165, 1.54) is 0 Å². The summed E-state index contributed by atoms with van der Waals surface area (Å²) in [4.78, 5) is 42.1. The van der Waals surface area contributed by atoms with Gasteiger partial charge < -0.3 is 25.7 Å². The van der Waals surface area contributed by atoms with E-state index < -0.39 is 27.5 Å². The summed E-state index contributed by atoms with van der Waals surface area (Å²) in [5.74, 6) is -0.0646. The van der Waals surface area contributed by atoms with Crippen molar-refractivity contribution in [1.82, 2.24) is 16.0 Å². The van der Waals surface area contributed by atoms with Crippen molar-refractivity contribution in [2.45, 2.75) is 138 Å². The Morgan fingerprint density at radius 3 is 1.89 bits per heavy atom. The molecule has 0 fully saturated rings. The van der Waals surface area contributed by atoms with Crippen molar-refractivity contribution in [1.29, 1.82) is 0 Å². The molecule has 38 heavy (non-hydrogen) atoms. The monoisotopic (exact) mass is 538 g/mol. The van der Waals surface area contributed by atoms with Gasteiger partial charge in [0.25, 0.3) is 0 Å². The van der Waals surface area contributed by atoms with Gasteiger partial charge in [-0.2, -0.15) is 0 Å². The van der Waals surface area contributed by atoms with Crippen molar-refractivity contribution in [3.05, 3.63) is 0 Å². The lowest BCUT2D eigenvalue weighted by atomic mass is 9.77. The average molecular weight is 539 g/mol. The summed E-state index contributed by atoms with van der Waals surface area (Å²) in [5, 5.41) is 9.26. The second-order valence-electron chi connectivity index (χ2n) is 13.9. The van der Waals surface area contributed by atoms with Crippen LogP contribution in [0.5, 0.6) is 0 Å². The molecular weight excluding hydrogens is 480 g/mol. The van der Waals surface area contributed by atoms with Crippen LogP contribution < -0.4 is 16.0 Å². The maximum Gasteiger partial charge on any atom is 0.226 e. The number of hydrogen-bond acceptors (Lipinski definition) is 5. The zero-order valence-corrected chi connectivity index (χ0v) is 26.4. The van der Waals surface area contributed by atoms with Gasteiger partial charge in [0.2, 0.25) is 17.7 Å². The first kappa shape index (κ1) is 36.0. The molecule has 0 radical (unpaired) electrons. The highest BCUT2D eigenvalue weighted by atomic mass is 16.5. The Morgan fingerprint density at radius 2 is 1.34 bits per heavy atom. The fourth-order valence-corrected chi connectivity index (χ4v) is 4.28. The molecule has 0 rings (SSSR count). The second kappa shape index (κ2) is 15.0. The number of hydrogen-bond donors (Lipinski definition) is 3. The van der Waals surface area contributed by atoms with Gasteiger partial charge in [0.15, 0.2) is 0 Å². The van der Waals surface area contributed by atoms with E-state index >= 15 is 0 Å². The van der Waals surface area contributed by atoms with Crippen LogP contribution in [0.4, 0.5) is 0 Å². The van der Waals surface area contributed by atoms with Crippen LogP contribution in [0, 0.1) is 10.8 Å². The van der Waals surface area contributed by atoms with Crippen LogP contribution in [-0.4, -0.2) is 60.8 Å². The number of nitrogens with one attached hydrogen (secondary N) is 3. The topological polar surface area (TPSA) is 109 Å². The van der Waals surface area contributed by atoms with Crippen molar-refractivity contribution in [2.75, 3.05) is 19.7 Å². The number of amides is 3. The first-order chi connectivity index (χ1) is 17.2. The lowest BCUT2D eigenvalue weighted by Gasteiger charge is -2.39. The Kier molecular flexibility index (Phi) is 14.2. The maximum atomic E-state index is 13.3. The predicted octanol–water partition coefficient (Wildman–Crippen LogP) is 5.19. The van der Waals surface area contributed by atoms with Crippen LogP contribution in [0.15, 0.2) is 4.99 Å². The summed E-state index contributed by atoms with van der Waals surface area (Å²) in [6.07, 6.45) is 4.83. The zero-order valence-electron chi connectivity index (χ0n) is 26.4. The van der Waals surface area contributed by atoms with Gasteiger partial charge in [-0.3, -0.25) is 14.4 Å². The number of carbonyl (C=O) groups excluding carboxylic acids is 3. The lowest BCUT2D eigenvalue weighted by Crippen LogP contribution is -2.55. The van der Waals surface area contributed by atoms with Crippen molar-refractivity contribution in [3.8, 4) is 0 Å². The molecule has 0 aromatic rings. The Balaban J connectivity index is 4.84. The van der Waals surface area contributed by atoms with Crippen molar-refractivity contribution in [2.24, 2.45) is 15.8 Å². The molecule has 0 saturated carbocycles. The third-order valence-electron chi connectivity index (χ3n) is 6.94. The predicted molar refractivity (Wildman–Crippen MR) is 157 cm³/mol. The van der Waals surface area contributed by atoms with E-state index in [4.69, 9.17) is 4.74 Å². The molecular formula is C30H58N4O4. The standard InChI is InChI=1S/C30H58N4O4/c1-13-14-19-32-23(35)15-16-30(10,11)38-21-18-28(6,7)33-25(37)27(4,5)22-29(8,9)34-24(36)26(2,3)17-20-31-12/h12-22H2,1-11H3,(H,32,35)(H,33,37)(H,34,36). The molecule has 0 aromatic carbocycles. The van der Waals surface area contributed by atoms with Gasteiger partial charge in [-0.05, 0) is 80.4 Å². The number of ether oxygens (including phenoxy) is 1. The summed E-state index contributed by atoms with van der Waals surface area (Å²) >= 11 is 0. The highest BCUT2D eigenvalue weighted by molar-refractivity contribution is 5.84. The number of carbonyl (C=O) groups is 3. The zero-order chi connectivity index (χ0) is 29.8. The van der Waals surface area contributed by atoms with Gasteiger partial charge in [0.05, 0.1) is 5.60 Å². The molecule has 3 N–H and O–H groups in total. The molecule has 8 nitrogen and oxygen atoms in total. The Hall–Kier alpha value is -1.96. The molecule has 0 aliphatic carbocycles. The van der Waals surface area contributed by atoms with Gasteiger partial charge in [-0.25, -0.2) is 0 Å². The van der Waals surface area contributed by atoms with Crippen LogP contribution >= 0.6 is 0 Å². The molecule has 0 heterocycles. The summed E-state index contributed by atoms with van der Waals surface area (Å²) in [6.45, 7) is 26.8. The number of aliphatic imine (C=N–C) groups is 1. The van der Waals surface area contributed by atoms with E-state index in [9.17, 15) is 14.4 Å². The molecule has 0 bridgehead atoms.